The molecule has 1 heterocycles. The Kier molecular flexibility index (Phi) is 2.90. The van der Waals surface area contributed by atoms with Crippen molar-refractivity contribution in [2.75, 3.05) is 4.72 Å². The van der Waals surface area contributed by atoms with Crippen molar-refractivity contribution < 1.29 is 12.9 Å². The van der Waals surface area contributed by atoms with Crippen molar-refractivity contribution in [3.05, 3.63) is 48.3 Å². The maximum Gasteiger partial charge on any atom is 0.335 e. The van der Waals surface area contributed by atoms with Crippen molar-refractivity contribution in [3.8, 4) is 0 Å². The van der Waals surface area contributed by atoms with Crippen LogP contribution in [0.1, 0.15) is 5.82 Å². The zero-order valence-electron chi connectivity index (χ0n) is 10.6. The highest BCUT2D eigenvalue weighted by Gasteiger charge is 2.19. The molecule has 0 fully saturated rings. The number of aryl methyl sites for hydroxylation is 1. The summed E-state index contributed by atoms with van der Waals surface area (Å²) in [6, 6.07) is 12.2. The molecule has 0 saturated heterocycles. The third-order valence-corrected chi connectivity index (χ3v) is 4.17. The third-order valence-electron chi connectivity index (χ3n) is 2.79. The maximum atomic E-state index is 12.4. The van der Waals surface area contributed by atoms with Crippen LogP contribution in [0.4, 0.5) is 6.01 Å². The lowest BCUT2D eigenvalue weighted by atomic mass is 10.1. The van der Waals surface area contributed by atoms with Crippen LogP contribution in [0.15, 0.2) is 51.9 Å². The number of benzene rings is 2. The van der Waals surface area contributed by atoms with E-state index in [1.54, 1.807) is 25.1 Å². The minimum atomic E-state index is -3.77. The number of nitrogens with one attached hydrogen (secondary N) is 1. The summed E-state index contributed by atoms with van der Waals surface area (Å²) < 4.78 is 31.8. The number of hydrogen-bond donors (Lipinski definition) is 1. The average Bonchev–Trinajstić information content (AvgIpc) is 2.82. The van der Waals surface area contributed by atoms with Gasteiger partial charge in [-0.15, -0.1) is 0 Å². The minimum absolute atomic E-state index is 0.143. The normalized spacial score (nSPS) is 11.7. The van der Waals surface area contributed by atoms with Crippen LogP contribution in [0.5, 0.6) is 0 Å². The van der Waals surface area contributed by atoms with Gasteiger partial charge in [-0.25, -0.2) is 13.1 Å². The van der Waals surface area contributed by atoms with Crippen molar-refractivity contribution in [2.24, 2.45) is 0 Å². The Morgan fingerprint density at radius 2 is 1.85 bits per heavy atom. The summed E-state index contributed by atoms with van der Waals surface area (Å²) in [6.07, 6.45) is 0. The van der Waals surface area contributed by atoms with Crippen LogP contribution >= 0.6 is 0 Å². The van der Waals surface area contributed by atoms with Crippen LogP contribution in [-0.4, -0.2) is 18.6 Å². The molecule has 0 amide bonds. The highest BCUT2D eigenvalue weighted by molar-refractivity contribution is 7.93. The smallest absolute Gasteiger partial charge is 0.314 e. The fourth-order valence-electron chi connectivity index (χ4n) is 1.94. The van der Waals surface area contributed by atoms with Gasteiger partial charge in [0.25, 0.3) is 10.0 Å². The SMILES string of the molecule is Cc1noc(NS(=O)(=O)c2cccc3ccccc23)n1. The molecular formula is C13H11N3O3S. The van der Waals surface area contributed by atoms with Gasteiger partial charge < -0.3 is 4.52 Å². The number of nitrogens with zero attached hydrogens (tertiary/aromatic N) is 2. The van der Waals surface area contributed by atoms with Crippen LogP contribution < -0.4 is 4.72 Å². The molecule has 1 N–H and O–H groups in total. The van der Waals surface area contributed by atoms with Crippen LogP contribution in [0.3, 0.4) is 0 Å². The molecule has 0 aliphatic carbocycles. The van der Waals surface area contributed by atoms with E-state index in [1.807, 2.05) is 18.2 Å². The zero-order chi connectivity index (χ0) is 14.2. The van der Waals surface area contributed by atoms with Gasteiger partial charge in [-0.2, -0.15) is 4.98 Å². The number of rotatable bonds is 3. The Morgan fingerprint density at radius 1 is 1.10 bits per heavy atom. The molecule has 6 nitrogen and oxygen atoms in total. The molecule has 0 aliphatic heterocycles. The van der Waals surface area contributed by atoms with E-state index in [-0.39, 0.29) is 10.9 Å². The first-order valence-electron chi connectivity index (χ1n) is 5.87. The Labute approximate surface area is 115 Å². The van der Waals surface area contributed by atoms with Crippen molar-refractivity contribution in [3.63, 3.8) is 0 Å². The summed E-state index contributed by atoms with van der Waals surface area (Å²) in [5.74, 6) is 0.362. The number of hydrogen-bond acceptors (Lipinski definition) is 5. The molecular weight excluding hydrogens is 278 g/mol. The van der Waals surface area contributed by atoms with Gasteiger partial charge in [0.05, 0.1) is 4.90 Å². The molecule has 0 saturated carbocycles. The first-order chi connectivity index (χ1) is 9.56. The van der Waals surface area contributed by atoms with Crippen molar-refractivity contribution in [1.82, 2.24) is 10.1 Å². The van der Waals surface area contributed by atoms with Gasteiger partial charge in [0, 0.05) is 5.39 Å². The van der Waals surface area contributed by atoms with Crippen LogP contribution in [0.2, 0.25) is 0 Å². The van der Waals surface area contributed by atoms with Crippen LogP contribution in [-0.2, 0) is 10.0 Å². The highest BCUT2D eigenvalue weighted by Crippen LogP contribution is 2.24. The minimum Gasteiger partial charge on any atom is -0.314 e. The highest BCUT2D eigenvalue weighted by atomic mass is 32.2. The summed E-state index contributed by atoms with van der Waals surface area (Å²) in [4.78, 5) is 4.01. The quantitative estimate of drug-likeness (QED) is 0.799. The Balaban J connectivity index is 2.09. The second-order valence-corrected chi connectivity index (χ2v) is 5.88. The molecule has 0 atom stereocenters. The molecule has 1 aromatic heterocycles. The summed E-state index contributed by atoms with van der Waals surface area (Å²) >= 11 is 0. The van der Waals surface area contributed by atoms with Gasteiger partial charge in [0.1, 0.15) is 0 Å². The second kappa shape index (κ2) is 4.61. The van der Waals surface area contributed by atoms with Gasteiger partial charge in [0.2, 0.25) is 0 Å². The van der Waals surface area contributed by atoms with E-state index in [2.05, 4.69) is 14.9 Å². The molecule has 0 spiro atoms. The zero-order valence-corrected chi connectivity index (χ0v) is 11.4. The molecule has 7 heteroatoms. The molecule has 0 bridgehead atoms. The molecule has 3 rings (SSSR count). The Bertz CT molecular complexity index is 866. The van der Waals surface area contributed by atoms with Gasteiger partial charge in [-0.1, -0.05) is 41.6 Å². The number of sulfonamides is 1. The first-order valence-corrected chi connectivity index (χ1v) is 7.35. The van der Waals surface area contributed by atoms with Crippen LogP contribution in [0.25, 0.3) is 10.8 Å². The third kappa shape index (κ3) is 2.23. The van der Waals surface area contributed by atoms with Crippen LogP contribution in [0, 0.1) is 6.92 Å². The molecule has 20 heavy (non-hydrogen) atoms. The van der Waals surface area contributed by atoms with Gasteiger partial charge in [-0.05, 0) is 18.4 Å². The monoisotopic (exact) mass is 289 g/mol. The molecule has 0 radical (unpaired) electrons. The molecule has 0 unspecified atom stereocenters. The van der Waals surface area contributed by atoms with Gasteiger partial charge in [-0.3, -0.25) is 0 Å². The van der Waals surface area contributed by atoms with Crippen molar-refractivity contribution >= 4 is 26.8 Å². The predicted octanol–water partition coefficient (Wildman–Crippen LogP) is 2.33. The standard InChI is InChI=1S/C13H11N3O3S/c1-9-14-13(19-15-9)16-20(17,18)12-8-4-6-10-5-2-3-7-11(10)12/h2-8H,1H3,(H,14,15,16). The van der Waals surface area contributed by atoms with Crippen molar-refractivity contribution in [2.45, 2.75) is 11.8 Å². The van der Waals surface area contributed by atoms with E-state index in [9.17, 15) is 8.42 Å². The van der Waals surface area contributed by atoms with E-state index >= 15 is 0 Å². The lowest BCUT2D eigenvalue weighted by Gasteiger charge is -2.07. The summed E-state index contributed by atoms with van der Waals surface area (Å²) in [7, 11) is -3.77. The van der Waals surface area contributed by atoms with E-state index in [1.165, 1.54) is 6.07 Å². The fourth-order valence-corrected chi connectivity index (χ4v) is 3.09. The van der Waals surface area contributed by atoms with Gasteiger partial charge in [0.15, 0.2) is 5.82 Å². The lowest BCUT2D eigenvalue weighted by Crippen LogP contribution is -2.13. The molecule has 3 aromatic rings. The average molecular weight is 289 g/mol. The molecule has 102 valence electrons. The van der Waals surface area contributed by atoms with E-state index in [4.69, 9.17) is 4.52 Å². The summed E-state index contributed by atoms with van der Waals surface area (Å²) in [5.41, 5.74) is 0. The predicted molar refractivity (Wildman–Crippen MR) is 73.8 cm³/mol. The molecule has 2 aromatic carbocycles. The largest absolute Gasteiger partial charge is 0.335 e. The maximum absolute atomic E-state index is 12.4. The summed E-state index contributed by atoms with van der Waals surface area (Å²) in [5, 5.41) is 5.03. The number of aromatic nitrogens is 2. The van der Waals surface area contributed by atoms with E-state index in [0.717, 1.165) is 5.39 Å². The first kappa shape index (κ1) is 12.6. The number of fused-ring (bicyclic) bond motifs is 1. The van der Waals surface area contributed by atoms with E-state index in [0.29, 0.717) is 11.2 Å². The van der Waals surface area contributed by atoms with Gasteiger partial charge >= 0.3 is 6.01 Å². The Morgan fingerprint density at radius 3 is 2.60 bits per heavy atom. The van der Waals surface area contributed by atoms with Crippen molar-refractivity contribution in [1.29, 1.82) is 0 Å². The Hall–Kier alpha value is -2.41. The summed E-state index contributed by atoms with van der Waals surface area (Å²) in [6.45, 7) is 1.61. The number of anilines is 1. The fraction of sp³-hybridized carbons (Fsp3) is 0.0769. The second-order valence-electron chi connectivity index (χ2n) is 4.23. The lowest BCUT2D eigenvalue weighted by molar-refractivity contribution is 0.429. The molecule has 0 aliphatic rings. The van der Waals surface area contributed by atoms with E-state index < -0.39 is 10.0 Å². The topological polar surface area (TPSA) is 85.1 Å².